The quantitative estimate of drug-likeness (QED) is 0.156. The number of hydrogen-bond acceptors (Lipinski definition) is 3. The number of benzene rings is 10. The van der Waals surface area contributed by atoms with Crippen LogP contribution in [0.3, 0.4) is 0 Å². The van der Waals surface area contributed by atoms with Crippen molar-refractivity contribution in [2.75, 3.05) is 0 Å². The third kappa shape index (κ3) is 6.09. The van der Waals surface area contributed by atoms with E-state index >= 15 is 0 Å². The minimum Gasteiger partial charge on any atom is -0.309 e. The van der Waals surface area contributed by atoms with Gasteiger partial charge in [-0.1, -0.05) is 231 Å². The summed E-state index contributed by atoms with van der Waals surface area (Å²) in [6.07, 6.45) is 0. The molecule has 2 aliphatic heterocycles. The molecule has 12 aromatic rings. The summed E-state index contributed by atoms with van der Waals surface area (Å²) in [5.41, 5.74) is 15.7. The van der Waals surface area contributed by atoms with Crippen LogP contribution in [0.2, 0.25) is 0 Å². The molecule has 1 unspecified atom stereocenters. The molecule has 69 heavy (non-hydrogen) atoms. The van der Waals surface area contributed by atoms with E-state index in [1.54, 1.807) is 0 Å². The first-order valence-corrected chi connectivity index (χ1v) is 24.9. The average molecular weight is 897 g/mol. The summed E-state index contributed by atoms with van der Waals surface area (Å²) in [5.74, 6) is 1.90. The first-order valence-electron chi connectivity index (χ1n) is 23.5. The van der Waals surface area contributed by atoms with E-state index in [1.807, 2.05) is 0 Å². The van der Waals surface area contributed by atoms with E-state index < -0.39 is 13.3 Å². The topological polar surface area (TPSA) is 43.6 Å². The molecule has 4 heterocycles. The van der Waals surface area contributed by atoms with Gasteiger partial charge in [-0.15, -0.1) is 0 Å². The molecule has 0 radical (unpaired) electrons. The molecule has 0 fully saturated rings. The van der Waals surface area contributed by atoms with E-state index in [1.165, 1.54) is 76.8 Å². The smallest absolute Gasteiger partial charge is 0.164 e. The van der Waals surface area contributed by atoms with E-state index in [-0.39, 0.29) is 0 Å². The van der Waals surface area contributed by atoms with Gasteiger partial charge in [-0.05, 0) is 86.5 Å². The van der Waals surface area contributed by atoms with E-state index in [2.05, 4.69) is 253 Å². The second-order valence-corrected chi connectivity index (χ2v) is 20.1. The van der Waals surface area contributed by atoms with Crippen molar-refractivity contribution >= 4 is 45.6 Å². The fraction of sp³-hybridized carbons (Fsp3) is 0.0156. The molecule has 5 heteroatoms. The summed E-state index contributed by atoms with van der Waals surface area (Å²) in [6, 6.07) is 90.5. The Morgan fingerprint density at radius 2 is 0.783 bits per heavy atom. The van der Waals surface area contributed by atoms with E-state index in [0.29, 0.717) is 17.5 Å². The monoisotopic (exact) mass is 896 g/mol. The SMILES string of the molecule is c1ccc(-c2ccc(-c3nc(-c4ccc(-c5ccccc5)cc4)nc(-c4ccc5c(c4)[P@](c4ccccc4)c4ccccc4C54c5ccccc5-n5c6ccccc6c6cccc4c65)n3)cc2)cc1. The molecule has 0 bridgehead atoms. The first-order chi connectivity index (χ1) is 34.2. The fourth-order valence-corrected chi connectivity index (χ4v) is 14.0. The normalized spacial score (nSPS) is 15.4. The predicted octanol–water partition coefficient (Wildman–Crippen LogP) is 14.1. The summed E-state index contributed by atoms with van der Waals surface area (Å²) >= 11 is 0. The van der Waals surface area contributed by atoms with Crippen LogP contribution in [0.5, 0.6) is 0 Å². The Balaban J connectivity index is 1.02. The van der Waals surface area contributed by atoms with Gasteiger partial charge >= 0.3 is 0 Å². The van der Waals surface area contributed by atoms with Crippen LogP contribution in [0, 0.1) is 0 Å². The molecule has 1 spiro atoms. The second kappa shape index (κ2) is 15.8. The van der Waals surface area contributed by atoms with Crippen LogP contribution < -0.4 is 15.9 Å². The predicted molar refractivity (Wildman–Crippen MR) is 285 cm³/mol. The number of para-hydroxylation sites is 3. The molecule has 0 aliphatic carbocycles. The summed E-state index contributed by atoms with van der Waals surface area (Å²) in [7, 11) is -1.02. The van der Waals surface area contributed by atoms with Crippen molar-refractivity contribution in [3.05, 3.63) is 271 Å². The van der Waals surface area contributed by atoms with Crippen LogP contribution in [-0.4, -0.2) is 19.5 Å². The Bertz CT molecular complexity index is 3840. The highest BCUT2D eigenvalue weighted by Gasteiger charge is 2.51. The molecule has 2 aromatic heterocycles. The highest BCUT2D eigenvalue weighted by Crippen LogP contribution is 2.58. The van der Waals surface area contributed by atoms with Gasteiger partial charge in [0.25, 0.3) is 0 Å². The van der Waals surface area contributed by atoms with E-state index in [4.69, 9.17) is 15.0 Å². The van der Waals surface area contributed by atoms with Crippen LogP contribution in [-0.2, 0) is 5.41 Å². The highest BCUT2D eigenvalue weighted by molar-refractivity contribution is 7.80. The Kier molecular flexibility index (Phi) is 9.05. The summed E-state index contributed by atoms with van der Waals surface area (Å²) in [6.45, 7) is 0. The highest BCUT2D eigenvalue weighted by atomic mass is 31.1. The average Bonchev–Trinajstić information content (AvgIpc) is 3.78. The van der Waals surface area contributed by atoms with Crippen LogP contribution >= 0.6 is 7.92 Å². The van der Waals surface area contributed by atoms with Gasteiger partial charge < -0.3 is 4.57 Å². The van der Waals surface area contributed by atoms with Crippen molar-refractivity contribution in [1.82, 2.24) is 19.5 Å². The Labute approximate surface area is 401 Å². The molecule has 14 rings (SSSR count). The number of fused-ring (bicyclic) bond motifs is 11. The largest absolute Gasteiger partial charge is 0.309 e. The maximum atomic E-state index is 5.36. The number of rotatable bonds is 6. The van der Waals surface area contributed by atoms with Gasteiger partial charge in [0.1, 0.15) is 0 Å². The van der Waals surface area contributed by atoms with Crippen molar-refractivity contribution in [2.45, 2.75) is 5.41 Å². The zero-order valence-corrected chi connectivity index (χ0v) is 38.3. The van der Waals surface area contributed by atoms with Crippen LogP contribution in [0.25, 0.3) is 83.9 Å². The lowest BCUT2D eigenvalue weighted by molar-refractivity contribution is 0.734. The van der Waals surface area contributed by atoms with E-state index in [0.717, 1.165) is 27.8 Å². The lowest BCUT2D eigenvalue weighted by Gasteiger charge is -2.47. The van der Waals surface area contributed by atoms with E-state index in [9.17, 15) is 0 Å². The molecule has 0 saturated carbocycles. The maximum Gasteiger partial charge on any atom is 0.164 e. The van der Waals surface area contributed by atoms with Crippen LogP contribution in [0.1, 0.15) is 22.3 Å². The third-order valence-corrected chi connectivity index (χ3v) is 16.8. The van der Waals surface area contributed by atoms with Gasteiger partial charge in [0, 0.05) is 27.5 Å². The molecule has 2 aliphatic rings. The lowest BCUT2D eigenvalue weighted by atomic mass is 9.62. The zero-order valence-electron chi connectivity index (χ0n) is 37.4. The molecule has 0 N–H and O–H groups in total. The number of nitrogens with zero attached hydrogens (tertiary/aromatic N) is 4. The van der Waals surface area contributed by atoms with Gasteiger partial charge in [0.05, 0.1) is 22.1 Å². The maximum absolute atomic E-state index is 5.36. The van der Waals surface area contributed by atoms with Crippen molar-refractivity contribution in [1.29, 1.82) is 0 Å². The van der Waals surface area contributed by atoms with Crippen molar-refractivity contribution < 1.29 is 0 Å². The summed E-state index contributed by atoms with van der Waals surface area (Å²) in [5, 5.41) is 6.49. The summed E-state index contributed by atoms with van der Waals surface area (Å²) in [4.78, 5) is 15.9. The molecule has 0 saturated heterocycles. The fourth-order valence-electron chi connectivity index (χ4n) is 11.2. The Hall–Kier alpha value is -8.56. The molecule has 10 aromatic carbocycles. The standard InChI is InChI=1S/C64H41N4P/c1-4-17-42(18-5-1)44-31-35-46(36-32-44)61-65-62(47-37-33-45(34-38-47)43-19-6-2-7-20-43)67-63(66-61)48-39-40-54-59(41-48)69(49-21-8-3-9-22-49)58-30-15-12-26-53(58)64(54)52-25-11-14-29-57(52)68-56-28-13-10-23-50(56)51-24-16-27-55(64)60(51)68/h1-41H/t64?,69-/m1/s1. The number of hydrogen-bond donors (Lipinski definition) is 0. The van der Waals surface area contributed by atoms with Crippen molar-refractivity contribution in [3.8, 4) is 62.1 Å². The Morgan fingerprint density at radius 3 is 1.45 bits per heavy atom. The molecular weight excluding hydrogens is 856 g/mol. The molecule has 2 atom stereocenters. The van der Waals surface area contributed by atoms with Crippen LogP contribution in [0.15, 0.2) is 249 Å². The molecular formula is C64H41N4P. The third-order valence-electron chi connectivity index (χ3n) is 14.2. The van der Waals surface area contributed by atoms with Gasteiger partial charge in [0.2, 0.25) is 0 Å². The van der Waals surface area contributed by atoms with Crippen molar-refractivity contribution in [2.24, 2.45) is 0 Å². The second-order valence-electron chi connectivity index (χ2n) is 17.9. The zero-order chi connectivity index (χ0) is 45.5. The van der Waals surface area contributed by atoms with Gasteiger partial charge in [-0.25, -0.2) is 15.0 Å². The first kappa shape index (κ1) is 39.6. The molecule has 4 nitrogen and oxygen atoms in total. The minimum absolute atomic E-state index is 0.616. The van der Waals surface area contributed by atoms with Gasteiger partial charge in [0.15, 0.2) is 17.5 Å². The minimum atomic E-state index is -1.02. The Morgan fingerprint density at radius 1 is 0.319 bits per heavy atom. The molecule has 0 amide bonds. The number of aromatic nitrogens is 4. The molecule has 322 valence electrons. The lowest BCUT2D eigenvalue weighted by Crippen LogP contribution is -2.47. The summed E-state index contributed by atoms with van der Waals surface area (Å²) < 4.78 is 2.51. The van der Waals surface area contributed by atoms with Crippen molar-refractivity contribution in [3.63, 3.8) is 0 Å². The van der Waals surface area contributed by atoms with Crippen LogP contribution in [0.4, 0.5) is 0 Å². The van der Waals surface area contributed by atoms with Gasteiger partial charge in [-0.2, -0.15) is 0 Å². The van der Waals surface area contributed by atoms with Gasteiger partial charge in [-0.3, -0.25) is 0 Å².